The van der Waals surface area contributed by atoms with Crippen LogP contribution in [0.2, 0.25) is 0 Å². The molecule has 0 bridgehead atoms. The Bertz CT molecular complexity index is 498. The standard InChI is InChI=1S/C15H26NO3PS/c1-7-18-20(17,19-8-2)16(12(3)4)14-9-10-15(21-6)13(5)11-14/h9-12H,7-8H2,1-6H3. The highest BCUT2D eigenvalue weighted by molar-refractivity contribution is 7.98. The number of anilines is 1. The van der Waals surface area contributed by atoms with Gasteiger partial charge in [0.15, 0.2) is 0 Å². The van der Waals surface area contributed by atoms with Crippen molar-refractivity contribution in [1.82, 2.24) is 0 Å². The van der Waals surface area contributed by atoms with Crippen LogP contribution in [-0.2, 0) is 13.6 Å². The first-order chi connectivity index (χ1) is 9.89. The maximum Gasteiger partial charge on any atom is 0.435 e. The predicted molar refractivity (Wildman–Crippen MR) is 91.4 cm³/mol. The zero-order valence-electron chi connectivity index (χ0n) is 13.8. The van der Waals surface area contributed by atoms with Crippen molar-refractivity contribution in [1.29, 1.82) is 0 Å². The summed E-state index contributed by atoms with van der Waals surface area (Å²) in [6.07, 6.45) is 2.05. The van der Waals surface area contributed by atoms with E-state index >= 15 is 0 Å². The number of benzene rings is 1. The van der Waals surface area contributed by atoms with Gasteiger partial charge in [0.05, 0.1) is 13.2 Å². The van der Waals surface area contributed by atoms with Crippen LogP contribution in [-0.4, -0.2) is 25.5 Å². The minimum Gasteiger partial charge on any atom is -0.292 e. The van der Waals surface area contributed by atoms with Gasteiger partial charge in [-0.15, -0.1) is 11.8 Å². The van der Waals surface area contributed by atoms with E-state index < -0.39 is 7.75 Å². The van der Waals surface area contributed by atoms with Gasteiger partial charge in [-0.2, -0.15) is 0 Å². The zero-order valence-corrected chi connectivity index (χ0v) is 15.5. The Morgan fingerprint density at radius 2 is 1.81 bits per heavy atom. The molecule has 1 aromatic carbocycles. The fraction of sp³-hybridized carbons (Fsp3) is 0.600. The van der Waals surface area contributed by atoms with Gasteiger partial charge in [0, 0.05) is 16.6 Å². The van der Waals surface area contributed by atoms with Crippen LogP contribution in [0.4, 0.5) is 5.69 Å². The van der Waals surface area contributed by atoms with Crippen LogP contribution in [0.5, 0.6) is 0 Å². The van der Waals surface area contributed by atoms with Gasteiger partial charge in [0.25, 0.3) is 0 Å². The first-order valence-electron chi connectivity index (χ1n) is 7.23. The molecule has 1 rings (SSSR count). The lowest BCUT2D eigenvalue weighted by atomic mass is 10.2. The molecule has 0 atom stereocenters. The molecule has 4 nitrogen and oxygen atoms in total. The van der Waals surface area contributed by atoms with Gasteiger partial charge >= 0.3 is 7.75 Å². The molecule has 0 spiro atoms. The van der Waals surface area contributed by atoms with Crippen molar-refractivity contribution in [2.24, 2.45) is 0 Å². The molecule has 0 fully saturated rings. The predicted octanol–water partition coefficient (Wildman–Crippen LogP) is 5.11. The third-order valence-corrected chi connectivity index (χ3v) is 6.27. The molecule has 0 saturated carbocycles. The van der Waals surface area contributed by atoms with E-state index in [1.54, 1.807) is 16.4 Å². The van der Waals surface area contributed by atoms with E-state index in [0.29, 0.717) is 13.2 Å². The Balaban J connectivity index is 3.28. The first-order valence-corrected chi connectivity index (χ1v) is 9.95. The number of hydrogen-bond acceptors (Lipinski definition) is 4. The van der Waals surface area contributed by atoms with Crippen LogP contribution >= 0.6 is 19.5 Å². The van der Waals surface area contributed by atoms with Gasteiger partial charge in [-0.3, -0.25) is 13.7 Å². The molecule has 0 unspecified atom stereocenters. The maximum absolute atomic E-state index is 13.1. The van der Waals surface area contributed by atoms with Gasteiger partial charge in [-0.25, -0.2) is 4.57 Å². The van der Waals surface area contributed by atoms with Gasteiger partial charge < -0.3 is 0 Å². The summed E-state index contributed by atoms with van der Waals surface area (Å²) >= 11 is 1.70. The number of aryl methyl sites for hydroxylation is 1. The largest absolute Gasteiger partial charge is 0.435 e. The third kappa shape index (κ3) is 4.49. The van der Waals surface area contributed by atoms with E-state index in [2.05, 4.69) is 6.92 Å². The molecular weight excluding hydrogens is 305 g/mol. The van der Waals surface area contributed by atoms with Crippen molar-refractivity contribution in [3.05, 3.63) is 23.8 Å². The number of nitrogens with zero attached hydrogens (tertiary/aromatic N) is 1. The van der Waals surface area contributed by atoms with Crippen molar-refractivity contribution < 1.29 is 13.6 Å². The fourth-order valence-corrected chi connectivity index (χ4v) is 4.75. The zero-order chi connectivity index (χ0) is 16.0. The highest BCUT2D eigenvalue weighted by Crippen LogP contribution is 2.55. The van der Waals surface area contributed by atoms with Crippen LogP contribution in [0.3, 0.4) is 0 Å². The summed E-state index contributed by atoms with van der Waals surface area (Å²) in [4.78, 5) is 1.21. The molecule has 0 heterocycles. The topological polar surface area (TPSA) is 38.8 Å². The normalized spacial score (nSPS) is 12.0. The molecular formula is C15H26NO3PS. The van der Waals surface area contributed by atoms with Gasteiger partial charge in [-0.1, -0.05) is 0 Å². The number of hydrogen-bond donors (Lipinski definition) is 0. The molecule has 0 aliphatic carbocycles. The Labute approximate surface area is 132 Å². The monoisotopic (exact) mass is 331 g/mol. The number of thioether (sulfide) groups is 1. The second-order valence-electron chi connectivity index (χ2n) is 4.90. The van der Waals surface area contributed by atoms with Crippen LogP contribution < -0.4 is 4.67 Å². The average Bonchev–Trinajstić information content (AvgIpc) is 2.39. The van der Waals surface area contributed by atoms with Crippen molar-refractivity contribution in [2.75, 3.05) is 24.1 Å². The Kier molecular flexibility index (Phi) is 7.28. The quantitative estimate of drug-likeness (QED) is 0.489. The fourth-order valence-electron chi connectivity index (χ4n) is 2.22. The number of rotatable bonds is 8. The molecule has 21 heavy (non-hydrogen) atoms. The lowest BCUT2D eigenvalue weighted by Crippen LogP contribution is -2.29. The van der Waals surface area contributed by atoms with Crippen LogP contribution in [0.25, 0.3) is 0 Å². The molecule has 6 heteroatoms. The Morgan fingerprint density at radius 3 is 2.19 bits per heavy atom. The highest BCUT2D eigenvalue weighted by Gasteiger charge is 2.35. The lowest BCUT2D eigenvalue weighted by molar-refractivity contribution is 0.216. The summed E-state index contributed by atoms with van der Waals surface area (Å²) in [5.74, 6) is 0. The van der Waals surface area contributed by atoms with Crippen LogP contribution in [0.15, 0.2) is 23.1 Å². The third-order valence-electron chi connectivity index (χ3n) is 2.98. The van der Waals surface area contributed by atoms with E-state index in [4.69, 9.17) is 9.05 Å². The van der Waals surface area contributed by atoms with E-state index in [1.165, 1.54) is 4.90 Å². The van der Waals surface area contributed by atoms with E-state index in [-0.39, 0.29) is 6.04 Å². The molecule has 0 aromatic heterocycles. The van der Waals surface area contributed by atoms with Crippen molar-refractivity contribution in [3.63, 3.8) is 0 Å². The highest BCUT2D eigenvalue weighted by atomic mass is 32.2. The van der Waals surface area contributed by atoms with Crippen molar-refractivity contribution in [3.8, 4) is 0 Å². The van der Waals surface area contributed by atoms with E-state index in [1.807, 2.05) is 52.1 Å². The molecule has 120 valence electrons. The SMILES string of the molecule is CCOP(=O)(OCC)N(c1ccc(SC)c(C)c1)C(C)C. The van der Waals surface area contributed by atoms with Gasteiger partial charge in [0.1, 0.15) is 0 Å². The Morgan fingerprint density at radius 1 is 1.24 bits per heavy atom. The molecule has 0 radical (unpaired) electrons. The molecule has 0 aliphatic heterocycles. The minimum atomic E-state index is -3.32. The minimum absolute atomic E-state index is 0.00784. The van der Waals surface area contributed by atoms with Crippen molar-refractivity contribution >= 4 is 25.2 Å². The molecule has 0 saturated heterocycles. The Hall–Kier alpha value is -0.480. The molecule has 0 amide bonds. The van der Waals surface area contributed by atoms with E-state index in [0.717, 1.165) is 11.3 Å². The smallest absolute Gasteiger partial charge is 0.292 e. The van der Waals surface area contributed by atoms with Gasteiger partial charge in [-0.05, 0) is 64.6 Å². The molecule has 0 aliphatic rings. The lowest BCUT2D eigenvalue weighted by Gasteiger charge is -2.34. The van der Waals surface area contributed by atoms with Crippen LogP contribution in [0, 0.1) is 6.92 Å². The summed E-state index contributed by atoms with van der Waals surface area (Å²) in [5, 5.41) is 0. The summed E-state index contributed by atoms with van der Waals surface area (Å²) in [6, 6.07) is 6.07. The van der Waals surface area contributed by atoms with E-state index in [9.17, 15) is 4.57 Å². The first kappa shape index (κ1) is 18.6. The average molecular weight is 331 g/mol. The maximum atomic E-state index is 13.1. The second kappa shape index (κ2) is 8.23. The second-order valence-corrected chi connectivity index (χ2v) is 7.63. The molecule has 1 aromatic rings. The summed E-state index contributed by atoms with van der Waals surface area (Å²) < 4.78 is 25.9. The van der Waals surface area contributed by atoms with Crippen LogP contribution in [0.1, 0.15) is 33.3 Å². The summed E-state index contributed by atoms with van der Waals surface area (Å²) in [6.45, 7) is 10.4. The summed E-state index contributed by atoms with van der Waals surface area (Å²) in [7, 11) is -3.32. The summed E-state index contributed by atoms with van der Waals surface area (Å²) in [5.41, 5.74) is 2.02. The van der Waals surface area contributed by atoms with Gasteiger partial charge in [0.2, 0.25) is 0 Å². The molecule has 0 N–H and O–H groups in total. The van der Waals surface area contributed by atoms with Crippen molar-refractivity contribution in [2.45, 2.75) is 45.6 Å².